The molecule has 0 amide bonds. The number of hydrogen-bond donors (Lipinski definition) is 1. The van der Waals surface area contributed by atoms with Crippen LogP contribution in [0.5, 0.6) is 0 Å². The number of halogens is 2. The van der Waals surface area contributed by atoms with Gasteiger partial charge in [0, 0.05) is 28.4 Å². The van der Waals surface area contributed by atoms with Crippen molar-refractivity contribution in [2.45, 2.75) is 6.54 Å². The Balaban J connectivity index is 2.49. The van der Waals surface area contributed by atoms with E-state index in [1.807, 2.05) is 0 Å². The highest BCUT2D eigenvalue weighted by molar-refractivity contribution is 6.35. The van der Waals surface area contributed by atoms with Gasteiger partial charge in [-0.2, -0.15) is 0 Å². The number of nitrogens with two attached hydrogens (primary N) is 1. The van der Waals surface area contributed by atoms with Crippen LogP contribution in [0.2, 0.25) is 10.0 Å². The molecule has 0 atom stereocenters. The van der Waals surface area contributed by atoms with Crippen LogP contribution in [0, 0.1) is 0 Å². The topological polar surface area (TPSA) is 51.8 Å². The molecule has 2 aromatic rings. The summed E-state index contributed by atoms with van der Waals surface area (Å²) in [7, 11) is 0. The maximum atomic E-state index is 5.91. The van der Waals surface area contributed by atoms with Gasteiger partial charge in [0.05, 0.1) is 5.69 Å². The minimum Gasteiger partial charge on any atom is -0.325 e. The van der Waals surface area contributed by atoms with Crippen LogP contribution < -0.4 is 5.73 Å². The Morgan fingerprint density at radius 2 is 1.81 bits per heavy atom. The summed E-state index contributed by atoms with van der Waals surface area (Å²) in [6.07, 6.45) is 1.67. The van der Waals surface area contributed by atoms with Crippen molar-refractivity contribution in [2.75, 3.05) is 0 Å². The minimum absolute atomic E-state index is 0.379. The standard InChI is InChI=1S/C11H9Cl2N3/c12-8-3-7(4-9(13)5-8)11-15-2-1-10(6-14)16-11/h1-5H,6,14H2. The monoisotopic (exact) mass is 253 g/mol. The normalized spacial score (nSPS) is 10.4. The predicted octanol–water partition coefficient (Wildman–Crippen LogP) is 2.91. The summed E-state index contributed by atoms with van der Waals surface area (Å²) in [6, 6.07) is 6.97. The second-order valence-corrected chi connectivity index (χ2v) is 4.11. The van der Waals surface area contributed by atoms with Crippen molar-refractivity contribution >= 4 is 23.2 Å². The molecule has 0 radical (unpaired) electrons. The van der Waals surface area contributed by atoms with E-state index in [1.54, 1.807) is 30.5 Å². The third-order valence-electron chi connectivity index (χ3n) is 2.04. The first kappa shape index (κ1) is 11.3. The average molecular weight is 254 g/mol. The van der Waals surface area contributed by atoms with Gasteiger partial charge in [0.25, 0.3) is 0 Å². The van der Waals surface area contributed by atoms with E-state index in [0.717, 1.165) is 11.3 Å². The Morgan fingerprint density at radius 1 is 1.12 bits per heavy atom. The highest BCUT2D eigenvalue weighted by atomic mass is 35.5. The molecule has 2 rings (SSSR count). The molecule has 0 saturated carbocycles. The molecule has 2 N–H and O–H groups in total. The van der Waals surface area contributed by atoms with E-state index >= 15 is 0 Å². The van der Waals surface area contributed by atoms with Crippen LogP contribution in [-0.2, 0) is 6.54 Å². The number of aromatic nitrogens is 2. The molecular weight excluding hydrogens is 245 g/mol. The van der Waals surface area contributed by atoms with Gasteiger partial charge in [0.2, 0.25) is 0 Å². The maximum Gasteiger partial charge on any atom is 0.159 e. The molecule has 5 heteroatoms. The molecule has 0 fully saturated rings. The molecule has 0 aliphatic carbocycles. The van der Waals surface area contributed by atoms with Gasteiger partial charge in [-0.1, -0.05) is 23.2 Å². The van der Waals surface area contributed by atoms with Crippen LogP contribution in [0.25, 0.3) is 11.4 Å². The molecule has 82 valence electrons. The summed E-state index contributed by atoms with van der Waals surface area (Å²) in [4.78, 5) is 8.45. The molecule has 0 bridgehead atoms. The lowest BCUT2D eigenvalue weighted by atomic mass is 10.2. The zero-order valence-electron chi connectivity index (χ0n) is 8.32. The zero-order valence-corrected chi connectivity index (χ0v) is 9.83. The number of benzene rings is 1. The van der Waals surface area contributed by atoms with E-state index in [4.69, 9.17) is 28.9 Å². The second-order valence-electron chi connectivity index (χ2n) is 3.23. The molecule has 1 aromatic carbocycles. The Kier molecular flexibility index (Phi) is 3.39. The molecule has 0 aliphatic rings. The average Bonchev–Trinajstić information content (AvgIpc) is 2.28. The zero-order chi connectivity index (χ0) is 11.5. The molecule has 0 spiro atoms. The van der Waals surface area contributed by atoms with Gasteiger partial charge in [-0.05, 0) is 24.3 Å². The van der Waals surface area contributed by atoms with E-state index in [0.29, 0.717) is 22.4 Å². The van der Waals surface area contributed by atoms with Gasteiger partial charge in [0.1, 0.15) is 0 Å². The fourth-order valence-corrected chi connectivity index (χ4v) is 1.86. The highest BCUT2D eigenvalue weighted by Gasteiger charge is 2.04. The first-order chi connectivity index (χ1) is 7.69. The van der Waals surface area contributed by atoms with Crippen LogP contribution >= 0.6 is 23.2 Å². The first-order valence-corrected chi connectivity index (χ1v) is 5.43. The Hall–Kier alpha value is -1.16. The van der Waals surface area contributed by atoms with Crippen molar-refractivity contribution < 1.29 is 0 Å². The highest BCUT2D eigenvalue weighted by Crippen LogP contribution is 2.24. The third kappa shape index (κ3) is 2.50. The second kappa shape index (κ2) is 4.78. The van der Waals surface area contributed by atoms with Crippen LogP contribution in [0.3, 0.4) is 0 Å². The first-order valence-electron chi connectivity index (χ1n) is 4.67. The summed E-state index contributed by atoms with van der Waals surface area (Å²) >= 11 is 11.8. The van der Waals surface area contributed by atoms with Crippen molar-refractivity contribution in [3.05, 3.63) is 46.2 Å². The van der Waals surface area contributed by atoms with Gasteiger partial charge in [-0.25, -0.2) is 9.97 Å². The minimum atomic E-state index is 0.379. The van der Waals surface area contributed by atoms with Crippen molar-refractivity contribution in [2.24, 2.45) is 5.73 Å². The molecular formula is C11H9Cl2N3. The molecule has 0 saturated heterocycles. The van der Waals surface area contributed by atoms with Gasteiger partial charge < -0.3 is 5.73 Å². The summed E-state index contributed by atoms with van der Waals surface area (Å²) in [5.41, 5.74) is 7.08. The summed E-state index contributed by atoms with van der Waals surface area (Å²) in [6.45, 7) is 0.379. The van der Waals surface area contributed by atoms with E-state index < -0.39 is 0 Å². The van der Waals surface area contributed by atoms with E-state index in [9.17, 15) is 0 Å². The Bertz CT molecular complexity index is 494. The van der Waals surface area contributed by atoms with Crippen LogP contribution in [-0.4, -0.2) is 9.97 Å². The quantitative estimate of drug-likeness (QED) is 0.896. The largest absolute Gasteiger partial charge is 0.325 e. The number of nitrogens with zero attached hydrogens (tertiary/aromatic N) is 2. The SMILES string of the molecule is NCc1ccnc(-c2cc(Cl)cc(Cl)c2)n1. The lowest BCUT2D eigenvalue weighted by molar-refractivity contribution is 0.969. The van der Waals surface area contributed by atoms with E-state index in [-0.39, 0.29) is 0 Å². The fourth-order valence-electron chi connectivity index (χ4n) is 1.33. The molecule has 3 nitrogen and oxygen atoms in total. The fraction of sp³-hybridized carbons (Fsp3) is 0.0909. The maximum absolute atomic E-state index is 5.91. The van der Waals surface area contributed by atoms with Gasteiger partial charge in [-0.3, -0.25) is 0 Å². The van der Waals surface area contributed by atoms with Crippen molar-refractivity contribution in [3.8, 4) is 11.4 Å². The van der Waals surface area contributed by atoms with E-state index in [1.165, 1.54) is 0 Å². The predicted molar refractivity (Wildman–Crippen MR) is 65.4 cm³/mol. The van der Waals surface area contributed by atoms with Crippen LogP contribution in [0.15, 0.2) is 30.5 Å². The van der Waals surface area contributed by atoms with Gasteiger partial charge in [0.15, 0.2) is 5.82 Å². The number of rotatable bonds is 2. The molecule has 1 aromatic heterocycles. The Labute approximate surface area is 103 Å². The van der Waals surface area contributed by atoms with Crippen molar-refractivity contribution in [3.63, 3.8) is 0 Å². The van der Waals surface area contributed by atoms with Gasteiger partial charge in [-0.15, -0.1) is 0 Å². The molecule has 0 aliphatic heterocycles. The Morgan fingerprint density at radius 3 is 2.44 bits per heavy atom. The lowest BCUT2D eigenvalue weighted by Gasteiger charge is -2.03. The van der Waals surface area contributed by atoms with Crippen LogP contribution in [0.4, 0.5) is 0 Å². The van der Waals surface area contributed by atoms with Gasteiger partial charge >= 0.3 is 0 Å². The smallest absolute Gasteiger partial charge is 0.159 e. The van der Waals surface area contributed by atoms with Crippen molar-refractivity contribution in [1.82, 2.24) is 9.97 Å². The van der Waals surface area contributed by atoms with E-state index in [2.05, 4.69) is 9.97 Å². The summed E-state index contributed by atoms with van der Waals surface area (Å²) < 4.78 is 0. The third-order valence-corrected chi connectivity index (χ3v) is 2.48. The summed E-state index contributed by atoms with van der Waals surface area (Å²) in [5.74, 6) is 0.576. The summed E-state index contributed by atoms with van der Waals surface area (Å²) in [5, 5.41) is 1.12. The van der Waals surface area contributed by atoms with Crippen LogP contribution in [0.1, 0.15) is 5.69 Å². The molecule has 16 heavy (non-hydrogen) atoms. The van der Waals surface area contributed by atoms with Crippen molar-refractivity contribution in [1.29, 1.82) is 0 Å². The lowest BCUT2D eigenvalue weighted by Crippen LogP contribution is -2.01. The molecule has 0 unspecified atom stereocenters. The molecule has 1 heterocycles. The number of hydrogen-bond acceptors (Lipinski definition) is 3.